The fourth-order valence-corrected chi connectivity index (χ4v) is 12.8. The standard InChI is InChI=1S/C20H18F2N2O.2C19H16F2N2O.3Ir/c1-19-6-7-20(2,25-19)14-10-18-17(9-13(14)19)23(3)11-24(18)16-5-4-12(21)8-15(16)22;2*1-19-6-5-18(24-19)12-8-16-17(9-13(12)19)23(10-22(16)2)15-4-3-11(20)7-14(15)21;;;/h4,8-11H,6-7H2,1-3H3;2*3,7-10,18H,5-6H2,1-2H3;;;/q3*-2;;;. The fraction of sp³-hybridized carbons (Fsp3) is 0.328. The Morgan fingerprint density at radius 3 is 1.09 bits per heavy atom. The molecular weight excluding hydrogens is 1520 g/mol. The molecule has 6 atom stereocenters. The van der Waals surface area contributed by atoms with Crippen LogP contribution in [0.4, 0.5) is 77.5 Å². The maximum atomic E-state index is 14.3. The molecule has 0 spiro atoms. The van der Waals surface area contributed by atoms with Crippen LogP contribution < -0.4 is 29.4 Å². The van der Waals surface area contributed by atoms with E-state index in [4.69, 9.17) is 14.2 Å². The Bertz CT molecular complexity index is 3220. The molecule has 0 aliphatic carbocycles. The van der Waals surface area contributed by atoms with Crippen molar-refractivity contribution in [3.63, 3.8) is 0 Å². The van der Waals surface area contributed by atoms with Crippen molar-refractivity contribution in [3.05, 3.63) is 179 Å². The number of halogens is 6. The summed E-state index contributed by atoms with van der Waals surface area (Å²) in [4.78, 5) is 11.0. The predicted octanol–water partition coefficient (Wildman–Crippen LogP) is 13.8. The maximum absolute atomic E-state index is 14.3. The summed E-state index contributed by atoms with van der Waals surface area (Å²) >= 11 is 0. The molecule has 0 aromatic heterocycles. The third kappa shape index (κ3) is 8.37. The average Bonchev–Trinajstić information content (AvgIpc) is 4.26. The Hall–Kier alpha value is -4.47. The van der Waals surface area contributed by atoms with Crippen molar-refractivity contribution < 1.29 is 101 Å². The van der Waals surface area contributed by atoms with Gasteiger partial charge in [0.25, 0.3) is 0 Å². The van der Waals surface area contributed by atoms with Crippen molar-refractivity contribution in [2.24, 2.45) is 0 Å². The van der Waals surface area contributed by atoms with Crippen LogP contribution in [0.5, 0.6) is 0 Å². The van der Waals surface area contributed by atoms with Gasteiger partial charge in [-0.05, 0) is 157 Å². The Morgan fingerprint density at radius 1 is 0.434 bits per heavy atom. The zero-order valence-corrected chi connectivity index (χ0v) is 49.4. The molecule has 0 amide bonds. The Balaban J connectivity index is 0.000000127. The third-order valence-electron chi connectivity index (χ3n) is 16.5. The van der Waals surface area contributed by atoms with Crippen LogP contribution in [0.2, 0.25) is 0 Å². The second-order valence-electron chi connectivity index (χ2n) is 21.4. The molecule has 18 heteroatoms. The summed E-state index contributed by atoms with van der Waals surface area (Å²) in [6, 6.07) is 26.9. The molecule has 405 valence electrons. The van der Waals surface area contributed by atoms with Crippen LogP contribution in [0.1, 0.15) is 112 Å². The number of nitrogens with zero attached hydrogens (tertiary/aromatic N) is 6. The van der Waals surface area contributed by atoms with Crippen molar-refractivity contribution in [1.82, 2.24) is 0 Å². The normalized spacial score (nSPS) is 26.6. The number of anilines is 9. The van der Waals surface area contributed by atoms with Gasteiger partial charge in [0.2, 0.25) is 0 Å². The molecule has 3 fully saturated rings. The summed E-state index contributed by atoms with van der Waals surface area (Å²) < 4.78 is 101. The van der Waals surface area contributed by atoms with E-state index in [1.807, 2.05) is 35.8 Å². The van der Waals surface area contributed by atoms with Crippen molar-refractivity contribution in [2.75, 3.05) is 50.5 Å². The van der Waals surface area contributed by atoms with Crippen LogP contribution in [-0.2, 0) is 96.9 Å². The number of ether oxygens (including phenoxy) is 3. The molecule has 3 saturated heterocycles. The Kier molecular flexibility index (Phi) is 13.8. The van der Waals surface area contributed by atoms with Crippen LogP contribution in [0.25, 0.3) is 0 Å². The van der Waals surface area contributed by atoms with Crippen LogP contribution in [0.3, 0.4) is 0 Å². The average molecular weight is 1570 g/mol. The zero-order chi connectivity index (χ0) is 50.8. The van der Waals surface area contributed by atoms with Crippen LogP contribution >= 0.6 is 0 Å². The topological polar surface area (TPSA) is 47.1 Å². The molecular formula is C58H50F6Ir3N6O3-6. The molecule has 76 heavy (non-hydrogen) atoms. The van der Waals surface area contributed by atoms with Gasteiger partial charge in [0.15, 0.2) is 0 Å². The molecule has 9 aliphatic heterocycles. The molecule has 9 nitrogen and oxygen atoms in total. The quantitative estimate of drug-likeness (QED) is 0.127. The summed E-state index contributed by atoms with van der Waals surface area (Å²) in [5.74, 6) is -3.77. The van der Waals surface area contributed by atoms with E-state index in [-0.39, 0.29) is 112 Å². The van der Waals surface area contributed by atoms with E-state index < -0.39 is 34.9 Å². The van der Waals surface area contributed by atoms with Gasteiger partial charge in [-0.3, -0.25) is 26.3 Å². The van der Waals surface area contributed by atoms with Crippen LogP contribution in [0.15, 0.2) is 72.8 Å². The van der Waals surface area contributed by atoms with Gasteiger partial charge in [-0.15, -0.1) is 36.4 Å². The fourth-order valence-electron chi connectivity index (χ4n) is 12.8. The van der Waals surface area contributed by atoms with Crippen LogP contribution in [-0.4, -0.2) is 21.1 Å². The minimum absolute atomic E-state index is 0. The number of rotatable bonds is 3. The minimum Gasteiger partial charge on any atom is -0.504 e. The van der Waals surface area contributed by atoms with Crippen molar-refractivity contribution in [3.8, 4) is 0 Å². The van der Waals surface area contributed by atoms with E-state index >= 15 is 0 Å². The first-order chi connectivity index (χ1) is 34.7. The van der Waals surface area contributed by atoms with Gasteiger partial charge in [-0.25, -0.2) is 0 Å². The van der Waals surface area contributed by atoms with Crippen molar-refractivity contribution >= 4 is 51.2 Å². The molecule has 0 N–H and O–H groups in total. The molecule has 6 aromatic carbocycles. The molecule has 9 aliphatic rings. The van der Waals surface area contributed by atoms with E-state index in [9.17, 15) is 26.3 Å². The first-order valence-electron chi connectivity index (χ1n) is 24.6. The van der Waals surface area contributed by atoms with Gasteiger partial charge < -0.3 is 43.6 Å². The summed E-state index contributed by atoms with van der Waals surface area (Å²) in [6.45, 7) is 13.9. The second-order valence-corrected chi connectivity index (χ2v) is 21.4. The smallest absolute Gasteiger partial charge is 0.0921 e. The number of hydrogen-bond donors (Lipinski definition) is 0. The summed E-state index contributed by atoms with van der Waals surface area (Å²) in [5, 5.41) is 0. The van der Waals surface area contributed by atoms with Gasteiger partial charge in [-0.1, -0.05) is 17.1 Å². The van der Waals surface area contributed by atoms with Gasteiger partial charge in [0, 0.05) is 129 Å². The van der Waals surface area contributed by atoms with Gasteiger partial charge in [0.1, 0.15) is 0 Å². The predicted molar refractivity (Wildman–Crippen MR) is 265 cm³/mol. The zero-order valence-electron chi connectivity index (χ0n) is 42.2. The van der Waals surface area contributed by atoms with Crippen molar-refractivity contribution in [1.29, 1.82) is 0 Å². The van der Waals surface area contributed by atoms with Gasteiger partial charge in [-0.2, -0.15) is 38.2 Å². The summed E-state index contributed by atoms with van der Waals surface area (Å²) in [6.07, 6.45) is 6.39. The monoisotopic (exact) mass is 1570 g/mol. The summed E-state index contributed by atoms with van der Waals surface area (Å²) in [7, 11) is 5.76. The maximum Gasteiger partial charge on any atom is 0.0921 e. The van der Waals surface area contributed by atoms with E-state index in [1.165, 1.54) is 27.8 Å². The second kappa shape index (κ2) is 19.1. The first-order valence-corrected chi connectivity index (χ1v) is 24.6. The van der Waals surface area contributed by atoms with E-state index in [0.29, 0.717) is 0 Å². The molecule has 6 aromatic rings. The van der Waals surface area contributed by atoms with Gasteiger partial charge in [0.05, 0.1) is 34.6 Å². The first kappa shape index (κ1) is 54.9. The van der Waals surface area contributed by atoms with E-state index in [2.05, 4.69) is 82.3 Å². The van der Waals surface area contributed by atoms with Crippen molar-refractivity contribution in [2.45, 2.75) is 101 Å². The third-order valence-corrected chi connectivity index (χ3v) is 16.5. The number of benzene rings is 6. The Morgan fingerprint density at radius 2 is 0.750 bits per heavy atom. The van der Waals surface area contributed by atoms with E-state index in [0.717, 1.165) is 115 Å². The number of hydrogen-bond acceptors (Lipinski definition) is 9. The minimum atomic E-state index is -0.631. The molecule has 15 rings (SSSR count). The largest absolute Gasteiger partial charge is 0.504 e. The molecule has 0 saturated carbocycles. The SMILES string of the molecule is CN1[CH-]N(c2[c-]cc(F)cc2F)c2cc3c(cc21)C1(C)CCC3(C)O1.CN1[CH-]N(c2[c-]cc(F)cc2F)c2cc3c(cc21)C1CCC3(C)O1.CN1[CH-]N(c2[c-]cc(F)cc2F)c2cc3c(cc21)C1CCC3(C)O1.[Ir].[Ir].[Ir]. The molecule has 6 unspecified atom stereocenters. The van der Waals surface area contributed by atoms with Gasteiger partial charge >= 0.3 is 0 Å². The molecule has 6 bridgehead atoms. The molecule has 9 heterocycles. The van der Waals surface area contributed by atoms with E-state index in [1.54, 1.807) is 34.7 Å². The summed E-state index contributed by atoms with van der Waals surface area (Å²) in [5.41, 5.74) is 12.4. The van der Waals surface area contributed by atoms with Crippen LogP contribution in [0, 0.1) is 73.1 Å². The number of fused-ring (bicyclic) bond motifs is 18. The molecule has 3 radical (unpaired) electrons. The Labute approximate surface area is 479 Å².